The van der Waals surface area contributed by atoms with Gasteiger partial charge in [-0.25, -0.2) is 0 Å². The van der Waals surface area contributed by atoms with Crippen molar-refractivity contribution in [1.82, 2.24) is 5.32 Å². The van der Waals surface area contributed by atoms with Crippen LogP contribution in [0.5, 0.6) is 5.75 Å². The Morgan fingerprint density at radius 1 is 0.941 bits per heavy atom. The highest BCUT2D eigenvalue weighted by Crippen LogP contribution is 2.37. The Kier molecular flexibility index (Phi) is 6.64. The highest BCUT2D eigenvalue weighted by atomic mass is 16.6. The lowest BCUT2D eigenvalue weighted by Crippen LogP contribution is -2.31. The van der Waals surface area contributed by atoms with Crippen molar-refractivity contribution in [1.29, 1.82) is 0 Å². The van der Waals surface area contributed by atoms with Crippen LogP contribution >= 0.6 is 0 Å². The SMILES string of the molecule is CC(=O)Oc1ccc2ccccc2c1[C@@H](NC(=O)Cc1ccccc1)c1cccc([N+](=O)[O-])c1. The van der Waals surface area contributed by atoms with Gasteiger partial charge in [0.1, 0.15) is 5.75 Å². The van der Waals surface area contributed by atoms with Crippen molar-refractivity contribution in [2.45, 2.75) is 19.4 Å². The third kappa shape index (κ3) is 5.10. The number of nitrogens with one attached hydrogen (secondary N) is 1. The van der Waals surface area contributed by atoms with E-state index in [9.17, 15) is 19.7 Å². The second-order valence-corrected chi connectivity index (χ2v) is 7.81. The minimum absolute atomic E-state index is 0.103. The van der Waals surface area contributed by atoms with Crippen molar-refractivity contribution in [3.63, 3.8) is 0 Å². The normalized spacial score (nSPS) is 11.6. The molecular weight excluding hydrogens is 432 g/mol. The molecule has 0 fully saturated rings. The molecule has 7 heteroatoms. The lowest BCUT2D eigenvalue weighted by Gasteiger charge is -2.24. The maximum absolute atomic E-state index is 13.1. The first-order chi connectivity index (χ1) is 16.4. The zero-order valence-electron chi connectivity index (χ0n) is 18.4. The second-order valence-electron chi connectivity index (χ2n) is 7.81. The Morgan fingerprint density at radius 2 is 1.68 bits per heavy atom. The molecule has 0 saturated heterocycles. The number of hydrogen-bond donors (Lipinski definition) is 1. The molecule has 4 rings (SSSR count). The molecule has 1 atom stereocenters. The number of esters is 1. The molecule has 4 aromatic rings. The van der Waals surface area contributed by atoms with Crippen LogP contribution in [-0.4, -0.2) is 16.8 Å². The van der Waals surface area contributed by atoms with E-state index in [2.05, 4.69) is 5.32 Å². The van der Waals surface area contributed by atoms with E-state index in [4.69, 9.17) is 4.74 Å². The minimum Gasteiger partial charge on any atom is -0.426 e. The van der Waals surface area contributed by atoms with Gasteiger partial charge in [0.2, 0.25) is 5.91 Å². The molecule has 0 aliphatic rings. The molecule has 0 heterocycles. The number of non-ortho nitro benzene ring substituents is 1. The van der Waals surface area contributed by atoms with Gasteiger partial charge in [0, 0.05) is 24.6 Å². The molecule has 1 N–H and O–H groups in total. The maximum atomic E-state index is 13.1. The van der Waals surface area contributed by atoms with E-state index in [1.54, 1.807) is 18.2 Å². The Morgan fingerprint density at radius 3 is 2.41 bits per heavy atom. The summed E-state index contributed by atoms with van der Waals surface area (Å²) in [6, 6.07) is 25.6. The van der Waals surface area contributed by atoms with Crippen molar-refractivity contribution in [3.05, 3.63) is 118 Å². The summed E-state index contributed by atoms with van der Waals surface area (Å²) >= 11 is 0. The summed E-state index contributed by atoms with van der Waals surface area (Å²) in [5, 5.41) is 16.1. The highest BCUT2D eigenvalue weighted by molar-refractivity contribution is 5.90. The zero-order valence-corrected chi connectivity index (χ0v) is 18.4. The standard InChI is InChI=1S/C27H22N2O5/c1-18(30)34-24-15-14-20-10-5-6-13-23(20)26(24)27(21-11-7-12-22(17-21)29(32)33)28-25(31)16-19-8-3-2-4-9-19/h2-15,17,27H,16H2,1H3,(H,28,31)/t27-/m0/s1. The van der Waals surface area contributed by atoms with E-state index >= 15 is 0 Å². The molecule has 0 aliphatic heterocycles. The van der Waals surface area contributed by atoms with Gasteiger partial charge < -0.3 is 10.1 Å². The van der Waals surface area contributed by atoms with Crippen LogP contribution in [0.2, 0.25) is 0 Å². The quantitative estimate of drug-likeness (QED) is 0.181. The third-order valence-electron chi connectivity index (χ3n) is 5.40. The summed E-state index contributed by atoms with van der Waals surface area (Å²) in [6.07, 6.45) is 0.125. The van der Waals surface area contributed by atoms with Gasteiger partial charge in [-0.15, -0.1) is 0 Å². The monoisotopic (exact) mass is 454 g/mol. The first-order valence-corrected chi connectivity index (χ1v) is 10.7. The number of ether oxygens (including phenoxy) is 1. The van der Waals surface area contributed by atoms with E-state index < -0.39 is 16.9 Å². The first kappa shape index (κ1) is 22.7. The van der Waals surface area contributed by atoms with Crippen molar-refractivity contribution in [2.24, 2.45) is 0 Å². The smallest absolute Gasteiger partial charge is 0.308 e. The van der Waals surface area contributed by atoms with E-state index in [1.165, 1.54) is 19.1 Å². The van der Waals surface area contributed by atoms with E-state index in [0.29, 0.717) is 11.1 Å². The molecule has 0 spiro atoms. The molecule has 7 nitrogen and oxygen atoms in total. The van der Waals surface area contributed by atoms with Crippen molar-refractivity contribution < 1.29 is 19.2 Å². The summed E-state index contributed by atoms with van der Waals surface area (Å²) in [5.41, 5.74) is 1.78. The topological polar surface area (TPSA) is 98.5 Å². The Balaban J connectivity index is 1.86. The van der Waals surface area contributed by atoms with Crippen LogP contribution in [0.4, 0.5) is 5.69 Å². The molecule has 0 bridgehead atoms. The number of carbonyl (C=O) groups excluding carboxylic acids is 2. The van der Waals surface area contributed by atoms with E-state index in [-0.39, 0.29) is 23.8 Å². The van der Waals surface area contributed by atoms with Crippen LogP contribution in [0, 0.1) is 10.1 Å². The van der Waals surface area contributed by atoms with Gasteiger partial charge in [-0.1, -0.05) is 72.8 Å². The fourth-order valence-corrected chi connectivity index (χ4v) is 3.95. The molecule has 4 aromatic carbocycles. The van der Waals surface area contributed by atoms with Gasteiger partial charge in [-0.3, -0.25) is 19.7 Å². The Hall–Kier alpha value is -4.52. The van der Waals surface area contributed by atoms with Crippen LogP contribution in [0.15, 0.2) is 91.0 Å². The Bertz CT molecular complexity index is 1370. The summed E-state index contributed by atoms with van der Waals surface area (Å²) in [5.74, 6) is -0.503. The summed E-state index contributed by atoms with van der Waals surface area (Å²) in [6.45, 7) is 1.30. The number of nitro groups is 1. The zero-order chi connectivity index (χ0) is 24.1. The summed E-state index contributed by atoms with van der Waals surface area (Å²) in [7, 11) is 0. The number of carbonyl (C=O) groups is 2. The molecule has 0 unspecified atom stereocenters. The predicted octanol–water partition coefficient (Wildman–Crippen LogP) is 5.12. The first-order valence-electron chi connectivity index (χ1n) is 10.7. The predicted molar refractivity (Wildman–Crippen MR) is 128 cm³/mol. The van der Waals surface area contributed by atoms with Crippen molar-refractivity contribution >= 4 is 28.3 Å². The molecule has 0 radical (unpaired) electrons. The van der Waals surface area contributed by atoms with Crippen molar-refractivity contribution in [3.8, 4) is 5.75 Å². The molecule has 0 aromatic heterocycles. The minimum atomic E-state index is -0.795. The average Bonchev–Trinajstić information content (AvgIpc) is 2.83. The van der Waals surface area contributed by atoms with Gasteiger partial charge in [-0.05, 0) is 28.0 Å². The summed E-state index contributed by atoms with van der Waals surface area (Å²) in [4.78, 5) is 35.9. The summed E-state index contributed by atoms with van der Waals surface area (Å²) < 4.78 is 5.51. The van der Waals surface area contributed by atoms with Crippen LogP contribution in [-0.2, 0) is 16.0 Å². The molecule has 0 aliphatic carbocycles. The molecule has 1 amide bonds. The van der Waals surface area contributed by atoms with Gasteiger partial charge in [0.25, 0.3) is 5.69 Å². The third-order valence-corrected chi connectivity index (χ3v) is 5.40. The number of nitro benzene ring substituents is 1. The fraction of sp³-hybridized carbons (Fsp3) is 0.111. The highest BCUT2D eigenvalue weighted by Gasteiger charge is 2.25. The van der Waals surface area contributed by atoms with Crippen LogP contribution in [0.25, 0.3) is 10.8 Å². The van der Waals surface area contributed by atoms with Gasteiger partial charge in [0.05, 0.1) is 17.4 Å². The van der Waals surface area contributed by atoms with Crippen LogP contribution < -0.4 is 10.1 Å². The molecule has 170 valence electrons. The maximum Gasteiger partial charge on any atom is 0.308 e. The number of rotatable bonds is 7. The van der Waals surface area contributed by atoms with Crippen LogP contribution in [0.1, 0.15) is 29.7 Å². The van der Waals surface area contributed by atoms with E-state index in [1.807, 2.05) is 60.7 Å². The van der Waals surface area contributed by atoms with Crippen LogP contribution in [0.3, 0.4) is 0 Å². The number of benzene rings is 4. The number of fused-ring (bicyclic) bond motifs is 1. The number of nitrogens with zero attached hydrogens (tertiary/aromatic N) is 1. The van der Waals surface area contributed by atoms with Gasteiger partial charge in [0.15, 0.2) is 0 Å². The lowest BCUT2D eigenvalue weighted by molar-refractivity contribution is -0.384. The van der Waals surface area contributed by atoms with E-state index in [0.717, 1.165) is 16.3 Å². The molecule has 34 heavy (non-hydrogen) atoms. The Labute approximate surface area is 196 Å². The lowest BCUT2D eigenvalue weighted by atomic mass is 9.92. The number of hydrogen-bond acceptors (Lipinski definition) is 5. The molecule has 0 saturated carbocycles. The second kappa shape index (κ2) is 9.95. The fourth-order valence-electron chi connectivity index (χ4n) is 3.95. The van der Waals surface area contributed by atoms with Gasteiger partial charge >= 0.3 is 5.97 Å². The van der Waals surface area contributed by atoms with Gasteiger partial charge in [-0.2, -0.15) is 0 Å². The number of amides is 1. The largest absolute Gasteiger partial charge is 0.426 e. The average molecular weight is 454 g/mol. The molecular formula is C27H22N2O5. The van der Waals surface area contributed by atoms with Crippen molar-refractivity contribution in [2.75, 3.05) is 0 Å².